The van der Waals surface area contributed by atoms with Crippen LogP contribution in [0.15, 0.2) is 88.7 Å². The first-order valence-corrected chi connectivity index (χ1v) is 30.5. The minimum absolute atomic E-state index is 0.00884. The fourth-order valence-corrected chi connectivity index (χ4v) is 13.2. The number of fused-ring (bicyclic) bond motifs is 2. The maximum absolute atomic E-state index is 13.9. The summed E-state index contributed by atoms with van der Waals surface area (Å²) in [6.45, 7) is 9.00. The zero-order valence-corrected chi connectivity index (χ0v) is 47.3. The molecular weight excluding hydrogens is 1130 g/mol. The number of hydrogen-bond acceptors (Lipinski definition) is 17. The number of sulfonamides is 2. The number of nitrogen functional groups attached to an aromatic ring is 1. The maximum Gasteiger partial charge on any atom is 0.316 e. The van der Waals surface area contributed by atoms with Gasteiger partial charge in [-0.3, -0.25) is 9.59 Å². The van der Waals surface area contributed by atoms with Crippen molar-refractivity contribution in [1.29, 1.82) is 0 Å². The molecular formula is C56H63F4N11O10S2. The van der Waals surface area contributed by atoms with Crippen molar-refractivity contribution in [2.75, 3.05) is 118 Å². The smallest absolute Gasteiger partial charge is 0.316 e. The lowest BCUT2D eigenvalue weighted by Gasteiger charge is -2.36. The summed E-state index contributed by atoms with van der Waals surface area (Å²) in [5.74, 6) is -2.52. The molecule has 6 aliphatic rings. The van der Waals surface area contributed by atoms with Gasteiger partial charge in [0, 0.05) is 94.1 Å². The van der Waals surface area contributed by atoms with Gasteiger partial charge in [0.15, 0.2) is 0 Å². The highest BCUT2D eigenvalue weighted by atomic mass is 32.2. The van der Waals surface area contributed by atoms with E-state index in [4.69, 9.17) is 24.7 Å². The summed E-state index contributed by atoms with van der Waals surface area (Å²) >= 11 is 0. The molecule has 0 spiro atoms. The molecule has 27 heteroatoms. The number of nitrogens with two attached hydrogens (primary N) is 1. The zero-order chi connectivity index (χ0) is 58.4. The average molecular weight is 1190 g/mol. The van der Waals surface area contributed by atoms with Crippen LogP contribution in [-0.2, 0) is 31.6 Å². The Balaban J connectivity index is 0.000000174. The van der Waals surface area contributed by atoms with E-state index in [1.165, 1.54) is 21.0 Å². The summed E-state index contributed by atoms with van der Waals surface area (Å²) in [6.07, 6.45) is 6.72. The number of ether oxygens (including phenoxy) is 4. The minimum Gasteiger partial charge on any atom is -0.490 e. The van der Waals surface area contributed by atoms with Crippen molar-refractivity contribution in [3.8, 4) is 34.4 Å². The monoisotopic (exact) mass is 1190 g/mol. The first-order valence-electron chi connectivity index (χ1n) is 27.3. The van der Waals surface area contributed by atoms with E-state index in [0.29, 0.717) is 98.4 Å². The molecule has 4 N–H and O–H groups in total. The Labute approximate surface area is 476 Å². The van der Waals surface area contributed by atoms with Gasteiger partial charge in [-0.05, 0) is 85.3 Å². The highest BCUT2D eigenvalue weighted by molar-refractivity contribution is 7.88. The molecule has 2 saturated carbocycles. The quantitative estimate of drug-likeness (QED) is 0.0758. The predicted molar refractivity (Wildman–Crippen MR) is 303 cm³/mol. The van der Waals surface area contributed by atoms with Gasteiger partial charge in [-0.25, -0.2) is 34.4 Å². The molecule has 2 aliphatic carbocycles. The Morgan fingerprint density at radius 2 is 1.01 bits per heavy atom. The fourth-order valence-electron chi connectivity index (χ4n) is 10.1. The van der Waals surface area contributed by atoms with Gasteiger partial charge in [-0.15, -0.1) is 0 Å². The second-order valence-electron chi connectivity index (χ2n) is 22.3. The third-order valence-electron chi connectivity index (χ3n) is 15.6. The summed E-state index contributed by atoms with van der Waals surface area (Å²) in [5.41, 5.74) is 8.54. The van der Waals surface area contributed by atoms with Gasteiger partial charge in [0.05, 0.1) is 59.9 Å². The molecule has 0 bridgehead atoms. The van der Waals surface area contributed by atoms with Crippen molar-refractivity contribution in [2.24, 2.45) is 10.8 Å². The van der Waals surface area contributed by atoms with Gasteiger partial charge in [0.2, 0.25) is 31.5 Å². The van der Waals surface area contributed by atoms with Crippen LogP contribution in [0.1, 0.15) is 50.7 Å². The van der Waals surface area contributed by atoms with Gasteiger partial charge in [-0.1, -0.05) is 19.9 Å². The van der Waals surface area contributed by atoms with Gasteiger partial charge in [0.25, 0.3) is 0 Å². The lowest BCUT2D eigenvalue weighted by molar-refractivity contribution is 0.242. The Kier molecular flexibility index (Phi) is 15.8. The number of halogens is 4. The zero-order valence-electron chi connectivity index (χ0n) is 45.7. The van der Waals surface area contributed by atoms with E-state index in [1.807, 2.05) is 15.9 Å². The van der Waals surface area contributed by atoms with Crippen molar-refractivity contribution in [3.63, 3.8) is 0 Å². The van der Waals surface area contributed by atoms with Crippen LogP contribution in [0.4, 0.5) is 46.0 Å². The van der Waals surface area contributed by atoms with Crippen LogP contribution in [0.3, 0.4) is 0 Å². The molecule has 442 valence electrons. The predicted octanol–water partition coefficient (Wildman–Crippen LogP) is 5.87. The molecule has 4 fully saturated rings. The van der Waals surface area contributed by atoms with E-state index in [-0.39, 0.29) is 84.5 Å². The van der Waals surface area contributed by atoms with Gasteiger partial charge >= 0.3 is 11.1 Å². The van der Waals surface area contributed by atoms with Crippen molar-refractivity contribution < 1.29 is 53.3 Å². The third-order valence-corrected chi connectivity index (χ3v) is 19.3. The molecule has 2 aromatic heterocycles. The average Bonchev–Trinajstić information content (AvgIpc) is 3.55. The third kappa shape index (κ3) is 13.0. The van der Waals surface area contributed by atoms with Gasteiger partial charge in [0.1, 0.15) is 59.4 Å². The number of hydrogen-bond donors (Lipinski definition) is 3. The van der Waals surface area contributed by atoms with Crippen LogP contribution < -0.4 is 56.2 Å². The number of rotatable bonds is 16. The highest BCUT2D eigenvalue weighted by Crippen LogP contribution is 2.46. The standard InChI is InChI=1S/C28H32F2N6O5S.C28H31F2N5O5S/c1-28(2-3-28)17-41-26-24(15-33-36(27(26)37)21-12-19(29)11-20(30)13-21)34-5-7-35(8-6-34)42(38,39)16-18-10-25-23(14-22(18)31)32-4-9-40-25;1-28(4-5-28)18-40-26-24(16-32-35(27(26)36)22-14-20(29)13-21(30)15-22)33-7-9-34(10-8-33)41(37,38)17-19-2-3-23-25(12-19)39-11-6-31-23/h10-15,32H,2-9,16-17,31H2,1H3;2-3,12-16,31H,4-11,17-18H2,1H3. The van der Waals surface area contributed by atoms with Crippen LogP contribution >= 0.6 is 0 Å². The van der Waals surface area contributed by atoms with Crippen molar-refractivity contribution in [1.82, 2.24) is 28.2 Å². The molecule has 0 unspecified atom stereocenters. The number of anilines is 5. The highest BCUT2D eigenvalue weighted by Gasteiger charge is 2.41. The first-order chi connectivity index (χ1) is 39.6. The molecule has 6 aromatic rings. The molecule has 12 rings (SSSR count). The minimum atomic E-state index is -3.71. The molecule has 2 saturated heterocycles. The molecule has 4 aliphatic heterocycles. The molecule has 0 amide bonds. The summed E-state index contributed by atoms with van der Waals surface area (Å²) in [7, 11) is -7.33. The Morgan fingerprint density at radius 3 is 1.47 bits per heavy atom. The Hall–Kier alpha value is -7.62. The maximum atomic E-state index is 13.9. The van der Waals surface area contributed by atoms with Crippen molar-refractivity contribution in [2.45, 2.75) is 51.0 Å². The molecule has 0 atom stereocenters. The normalized spacial score (nSPS) is 18.2. The van der Waals surface area contributed by atoms with Crippen LogP contribution in [0.25, 0.3) is 11.4 Å². The SMILES string of the molecule is CC1(COc2c(N3CCN(S(=O)(=O)Cc4cc5c(cc4N)NCCO5)CC3)cnn(-c3cc(F)cc(F)c3)c2=O)CC1.CC1(COc2c(N3CCN(S(=O)(=O)Cc4ccc5c(c4)OCCN5)CC3)cnn(-c3cc(F)cc(F)c3)c2=O)CC1. The summed E-state index contributed by atoms with van der Waals surface area (Å²) in [4.78, 5) is 30.7. The Bertz CT molecular complexity index is 3770. The van der Waals surface area contributed by atoms with Gasteiger partial charge in [-0.2, -0.15) is 28.2 Å². The number of aromatic nitrogens is 4. The number of piperazine rings is 2. The van der Waals surface area contributed by atoms with E-state index in [2.05, 4.69) is 34.7 Å². The van der Waals surface area contributed by atoms with Crippen LogP contribution in [0.2, 0.25) is 0 Å². The fraction of sp³-hybridized carbons (Fsp3) is 0.429. The molecule has 83 heavy (non-hydrogen) atoms. The molecule has 4 aromatic carbocycles. The Morgan fingerprint density at radius 1 is 0.578 bits per heavy atom. The molecule has 0 radical (unpaired) electrons. The van der Waals surface area contributed by atoms with Crippen LogP contribution in [0, 0.1) is 34.1 Å². The number of nitrogens with one attached hydrogen (secondary N) is 2. The first kappa shape index (κ1) is 57.2. The topological polar surface area (TPSA) is 238 Å². The largest absolute Gasteiger partial charge is 0.490 e. The number of benzene rings is 4. The second-order valence-corrected chi connectivity index (χ2v) is 26.3. The van der Waals surface area contributed by atoms with Crippen LogP contribution in [0.5, 0.6) is 23.0 Å². The van der Waals surface area contributed by atoms with E-state index in [1.54, 1.807) is 24.3 Å². The van der Waals surface area contributed by atoms with E-state index in [9.17, 15) is 44.0 Å². The van der Waals surface area contributed by atoms with Crippen LogP contribution in [-0.4, -0.2) is 137 Å². The molecule has 21 nitrogen and oxygen atoms in total. The van der Waals surface area contributed by atoms with Gasteiger partial charge < -0.3 is 45.1 Å². The molecule has 6 heterocycles. The van der Waals surface area contributed by atoms with Crippen molar-refractivity contribution >= 4 is 48.5 Å². The van der Waals surface area contributed by atoms with E-state index >= 15 is 0 Å². The lowest BCUT2D eigenvalue weighted by atomic mass is 10.1. The second kappa shape index (κ2) is 22.9. The summed E-state index contributed by atoms with van der Waals surface area (Å²) in [6, 6.07) is 14.2. The lowest BCUT2D eigenvalue weighted by Crippen LogP contribution is -2.49. The number of nitrogens with zero attached hydrogens (tertiary/aromatic N) is 8. The summed E-state index contributed by atoms with van der Waals surface area (Å²) < 4.78 is 137. The summed E-state index contributed by atoms with van der Waals surface area (Å²) in [5, 5.41) is 14.8. The van der Waals surface area contributed by atoms with E-state index < -0.39 is 54.4 Å². The van der Waals surface area contributed by atoms with E-state index in [0.717, 1.165) is 76.8 Å². The van der Waals surface area contributed by atoms with Crippen molar-refractivity contribution in [3.05, 3.63) is 134 Å².